The maximum Gasteiger partial charge on any atom is 0.182 e. The topological polar surface area (TPSA) is 126 Å². The van der Waals surface area contributed by atoms with Gasteiger partial charge in [0.15, 0.2) is 11.6 Å². The Bertz CT molecular complexity index is 3140. The zero-order chi connectivity index (χ0) is 49.5. The van der Waals surface area contributed by atoms with Crippen LogP contribution in [-0.2, 0) is 0 Å². The molecule has 69 heavy (non-hydrogen) atoms. The molecule has 3 aromatic carbocycles. The number of thiazole rings is 3. The summed E-state index contributed by atoms with van der Waals surface area (Å²) >= 11 is 10.9. The summed E-state index contributed by atoms with van der Waals surface area (Å²) in [6, 6.07) is 27.5. The van der Waals surface area contributed by atoms with E-state index in [0.29, 0.717) is 27.5 Å². The molecule has 354 valence electrons. The van der Waals surface area contributed by atoms with Gasteiger partial charge in [-0.15, -0.1) is 54.4 Å². The van der Waals surface area contributed by atoms with Gasteiger partial charge in [-0.2, -0.15) is 0 Å². The van der Waals surface area contributed by atoms with Crippen LogP contribution in [0.25, 0.3) is 54.6 Å². The maximum absolute atomic E-state index is 14.3. The number of aryl methyl sites for hydroxylation is 3. The number of rotatable bonds is 7. The molecule has 0 saturated heterocycles. The highest BCUT2D eigenvalue weighted by Crippen LogP contribution is 2.34. The van der Waals surface area contributed by atoms with Crippen molar-refractivity contribution in [3.05, 3.63) is 182 Å². The summed E-state index contributed by atoms with van der Waals surface area (Å²) in [5.41, 5.74) is 9.75. The Hall–Kier alpha value is -6.12. The van der Waals surface area contributed by atoms with Gasteiger partial charge in [0.1, 0.15) is 51.1 Å². The molecule has 0 atom stereocenters. The van der Waals surface area contributed by atoms with E-state index in [1.54, 1.807) is 71.8 Å². The SMILES string of the molecule is CC(C)n1cnnc1-c1cccc(Br)n1.Cc1ccc(-c2cnc(-c3cccc(-c4nncn4C(C)C)n3)s2)c(F)c1.Cc1ccc(-c2cncs2)c(F)c1.Cc1ccc(Br)c(F)c1.c1cscn1. The summed E-state index contributed by atoms with van der Waals surface area (Å²) in [5.74, 6) is 0.899. The molecular formula is C50H46Br2F3N11S3. The summed E-state index contributed by atoms with van der Waals surface area (Å²) < 4.78 is 45.5. The standard InChI is InChI=1S/C20H18FN5S.C10H11BrN4.C10H8FNS.C7H6BrF.C3H3NS/c1-12(2)26-11-23-25-19(26)16-5-4-6-17(24-16)20-22-10-18(27-20)14-8-7-13(3)9-15(14)21;1-7(2)15-6-12-14-10(15)8-4-3-5-9(11)13-8;1-7-2-3-8(9(11)4-7)10-5-12-6-13-10;1-5-2-3-6(8)7(9)4-5;1-2-5-3-4-1/h4-12H,1-3H3;3-7H,1-2H3;2-6H,1H3;2-4H,1H3;1-3H. The van der Waals surface area contributed by atoms with Crippen LogP contribution < -0.4 is 0 Å². The fourth-order valence-electron chi connectivity index (χ4n) is 6.10. The molecule has 0 radical (unpaired) electrons. The van der Waals surface area contributed by atoms with Gasteiger partial charge in [-0.1, -0.05) is 42.5 Å². The number of nitrogens with zero attached hydrogens (tertiary/aromatic N) is 11. The Morgan fingerprint density at radius 2 is 1.13 bits per heavy atom. The molecule has 0 aliphatic rings. The third-order valence-corrected chi connectivity index (χ3v) is 13.0. The minimum atomic E-state index is -0.239. The Morgan fingerprint density at radius 3 is 1.61 bits per heavy atom. The van der Waals surface area contributed by atoms with Gasteiger partial charge in [0, 0.05) is 47.2 Å². The van der Waals surface area contributed by atoms with Crippen LogP contribution in [0.15, 0.2) is 148 Å². The van der Waals surface area contributed by atoms with Gasteiger partial charge in [0.05, 0.1) is 30.9 Å². The Labute approximate surface area is 427 Å². The number of hydrogen-bond acceptors (Lipinski definition) is 12. The van der Waals surface area contributed by atoms with E-state index in [0.717, 1.165) is 59.0 Å². The molecule has 0 aliphatic carbocycles. The van der Waals surface area contributed by atoms with Crippen LogP contribution in [0.2, 0.25) is 0 Å². The van der Waals surface area contributed by atoms with Crippen LogP contribution in [0.4, 0.5) is 13.2 Å². The minimum Gasteiger partial charge on any atom is -0.310 e. The zero-order valence-electron chi connectivity index (χ0n) is 38.5. The first kappa shape index (κ1) is 52.3. The van der Waals surface area contributed by atoms with E-state index in [2.05, 4.69) is 99.9 Å². The second kappa shape index (κ2) is 25.5. The second-order valence-corrected chi connectivity index (χ2v) is 19.9. The molecule has 0 amide bonds. The highest BCUT2D eigenvalue weighted by Gasteiger charge is 2.16. The van der Waals surface area contributed by atoms with Crippen LogP contribution in [0.3, 0.4) is 0 Å². The molecular weight excluding hydrogens is 1070 g/mol. The van der Waals surface area contributed by atoms with Crippen molar-refractivity contribution in [2.75, 3.05) is 0 Å². The van der Waals surface area contributed by atoms with Gasteiger partial charge in [-0.05, 0) is 146 Å². The molecule has 0 saturated carbocycles. The summed E-state index contributed by atoms with van der Waals surface area (Å²) in [4.78, 5) is 22.8. The van der Waals surface area contributed by atoms with Crippen molar-refractivity contribution in [2.24, 2.45) is 0 Å². The van der Waals surface area contributed by atoms with Gasteiger partial charge in [0.2, 0.25) is 0 Å². The van der Waals surface area contributed by atoms with Crippen molar-refractivity contribution in [3.8, 4) is 54.6 Å². The molecule has 0 N–H and O–H groups in total. The molecule has 0 fully saturated rings. The molecule has 0 bridgehead atoms. The normalized spacial score (nSPS) is 10.6. The predicted molar refractivity (Wildman–Crippen MR) is 279 cm³/mol. The van der Waals surface area contributed by atoms with Crippen LogP contribution in [0, 0.1) is 38.2 Å². The Balaban J connectivity index is 0.000000157. The lowest BCUT2D eigenvalue weighted by molar-refractivity contribution is 0.603. The van der Waals surface area contributed by atoms with E-state index in [9.17, 15) is 13.2 Å². The van der Waals surface area contributed by atoms with Crippen molar-refractivity contribution in [1.29, 1.82) is 0 Å². The number of hydrogen-bond donors (Lipinski definition) is 0. The van der Waals surface area contributed by atoms with E-state index in [1.165, 1.54) is 40.9 Å². The van der Waals surface area contributed by atoms with Gasteiger partial charge in [-0.3, -0.25) is 9.97 Å². The fourth-order valence-corrected chi connectivity index (χ4v) is 8.61. The van der Waals surface area contributed by atoms with E-state index in [4.69, 9.17) is 4.98 Å². The molecule has 0 spiro atoms. The van der Waals surface area contributed by atoms with Crippen molar-refractivity contribution < 1.29 is 13.2 Å². The number of pyridine rings is 2. The number of benzene rings is 3. The van der Waals surface area contributed by atoms with Gasteiger partial charge in [-0.25, -0.2) is 28.1 Å². The molecule has 10 rings (SSSR count). The third kappa shape index (κ3) is 14.9. The first-order valence-electron chi connectivity index (χ1n) is 21.2. The fraction of sp³-hybridized carbons (Fsp3) is 0.180. The summed E-state index contributed by atoms with van der Waals surface area (Å²) in [7, 11) is 0. The minimum absolute atomic E-state index is 0.177. The predicted octanol–water partition coefficient (Wildman–Crippen LogP) is 15.1. The molecule has 7 aromatic heterocycles. The van der Waals surface area contributed by atoms with E-state index < -0.39 is 0 Å². The molecule has 11 nitrogen and oxygen atoms in total. The monoisotopic (exact) mass is 1110 g/mol. The zero-order valence-corrected chi connectivity index (χ0v) is 44.1. The van der Waals surface area contributed by atoms with Crippen LogP contribution in [0.5, 0.6) is 0 Å². The largest absolute Gasteiger partial charge is 0.310 e. The maximum atomic E-state index is 14.3. The van der Waals surface area contributed by atoms with E-state index in [1.807, 2.05) is 89.9 Å². The van der Waals surface area contributed by atoms with Gasteiger partial charge >= 0.3 is 0 Å². The van der Waals surface area contributed by atoms with Crippen LogP contribution in [-0.4, -0.2) is 54.4 Å². The molecule has 10 aromatic rings. The summed E-state index contributed by atoms with van der Waals surface area (Å²) in [5, 5.41) is 18.9. The lowest BCUT2D eigenvalue weighted by Crippen LogP contribution is -2.03. The van der Waals surface area contributed by atoms with Gasteiger partial charge in [0.25, 0.3) is 0 Å². The Kier molecular flexibility index (Phi) is 19.3. The molecule has 7 heterocycles. The Morgan fingerprint density at radius 1 is 0.580 bits per heavy atom. The van der Waals surface area contributed by atoms with Crippen molar-refractivity contribution in [3.63, 3.8) is 0 Å². The van der Waals surface area contributed by atoms with E-state index >= 15 is 0 Å². The van der Waals surface area contributed by atoms with Crippen molar-refractivity contribution >= 4 is 65.9 Å². The number of halogens is 5. The highest BCUT2D eigenvalue weighted by atomic mass is 79.9. The first-order valence-corrected chi connectivity index (χ1v) is 25.4. The molecule has 0 unspecified atom stereocenters. The second-order valence-electron chi connectivity index (χ2n) is 15.5. The summed E-state index contributed by atoms with van der Waals surface area (Å²) in [6.07, 6.45) is 8.57. The molecule has 19 heteroatoms. The summed E-state index contributed by atoms with van der Waals surface area (Å²) in [6.45, 7) is 13.9. The average molecular weight is 1110 g/mol. The highest BCUT2D eigenvalue weighted by molar-refractivity contribution is 9.10. The van der Waals surface area contributed by atoms with Crippen molar-refractivity contribution in [1.82, 2.24) is 54.4 Å². The van der Waals surface area contributed by atoms with E-state index in [-0.39, 0.29) is 23.5 Å². The quantitative estimate of drug-likeness (QED) is 0.143. The lowest BCUT2D eigenvalue weighted by atomic mass is 10.1. The molecule has 0 aliphatic heterocycles. The first-order chi connectivity index (χ1) is 33.2. The van der Waals surface area contributed by atoms with Gasteiger partial charge < -0.3 is 9.13 Å². The smallest absolute Gasteiger partial charge is 0.182 e. The number of aromatic nitrogens is 11. The average Bonchev–Trinajstić information content (AvgIpc) is 4.19. The third-order valence-electron chi connectivity index (χ3n) is 9.54. The van der Waals surface area contributed by atoms with Crippen molar-refractivity contribution in [2.45, 2.75) is 60.5 Å². The van der Waals surface area contributed by atoms with Crippen LogP contribution >= 0.6 is 65.9 Å². The van der Waals surface area contributed by atoms with Crippen LogP contribution in [0.1, 0.15) is 56.5 Å². The lowest BCUT2D eigenvalue weighted by Gasteiger charge is -2.09.